The van der Waals surface area contributed by atoms with Gasteiger partial charge in [0, 0.05) is 29.7 Å². The molecule has 1 fully saturated rings. The minimum Gasteiger partial charge on any atom is -0.593 e. The molecule has 0 N–H and O–H groups in total. The van der Waals surface area contributed by atoms with Gasteiger partial charge < -0.3 is 9.29 Å². The molecule has 1 unspecified atom stereocenters. The first-order chi connectivity index (χ1) is 13.0. The molecular weight excluding hydrogens is 384 g/mol. The van der Waals surface area contributed by atoms with Crippen molar-refractivity contribution in [3.63, 3.8) is 0 Å². The van der Waals surface area contributed by atoms with Crippen LogP contribution in [0.1, 0.15) is 24.0 Å². The number of benzene rings is 2. The van der Waals surface area contributed by atoms with Crippen LogP contribution < -0.4 is 4.90 Å². The van der Waals surface area contributed by atoms with Gasteiger partial charge >= 0.3 is 6.09 Å². The second-order valence-electron chi connectivity index (χ2n) is 6.92. The Kier molecular flexibility index (Phi) is 5.32. The minimum absolute atomic E-state index is 0.0315. The van der Waals surface area contributed by atoms with Gasteiger partial charge in [-0.3, -0.25) is 4.90 Å². The number of hydrogen-bond donors (Lipinski definition) is 0. The summed E-state index contributed by atoms with van der Waals surface area (Å²) >= 11 is 4.90. The Labute approximate surface area is 167 Å². The van der Waals surface area contributed by atoms with E-state index in [9.17, 15) is 9.35 Å². The van der Waals surface area contributed by atoms with E-state index in [2.05, 4.69) is 0 Å². The zero-order valence-corrected chi connectivity index (χ0v) is 16.6. The number of nitrogens with zero attached hydrogens (tertiary/aromatic N) is 2. The number of fused-ring (bicyclic) bond motifs is 1. The average Bonchev–Trinajstić information content (AvgIpc) is 2.68. The maximum absolute atomic E-state index is 12.8. The van der Waals surface area contributed by atoms with Crippen LogP contribution in [-0.2, 0) is 22.7 Å². The first kappa shape index (κ1) is 18.6. The molecule has 1 amide bonds. The normalized spacial score (nSPS) is 19.5. The Bertz CT molecular complexity index is 838. The molecule has 0 aromatic heterocycles. The summed E-state index contributed by atoms with van der Waals surface area (Å²) in [5, 5.41) is 0.634. The summed E-state index contributed by atoms with van der Waals surface area (Å²) in [5.74, 6) is 0. The number of ether oxygens (including phenoxy) is 1. The van der Waals surface area contributed by atoms with Crippen molar-refractivity contribution in [2.75, 3.05) is 18.0 Å². The molecule has 7 heteroatoms. The van der Waals surface area contributed by atoms with Crippen molar-refractivity contribution < 1.29 is 14.1 Å². The second-order valence-corrected chi connectivity index (χ2v) is 8.84. The predicted octanol–water partition coefficient (Wildman–Crippen LogP) is 4.29. The number of rotatable bonds is 3. The van der Waals surface area contributed by atoms with Gasteiger partial charge in [-0.05, 0) is 50.1 Å². The number of carbonyl (C=O) groups is 1. The van der Waals surface area contributed by atoms with Crippen LogP contribution >= 0.6 is 11.6 Å². The molecule has 27 heavy (non-hydrogen) atoms. The molecule has 1 saturated heterocycles. The maximum atomic E-state index is 12.8. The van der Waals surface area contributed by atoms with Crippen LogP contribution in [0, 0.1) is 6.92 Å². The third kappa shape index (κ3) is 3.80. The molecule has 0 aliphatic carbocycles. The smallest absolute Gasteiger partial charge is 0.414 e. The SMILES string of the molecule is Cc1ccc([S+]([O-])N2CCC(N3C(=O)OCc4cc(Cl)ccc43)CC2)cc1. The van der Waals surface area contributed by atoms with E-state index >= 15 is 0 Å². The van der Waals surface area contributed by atoms with Crippen LogP contribution in [0.15, 0.2) is 47.4 Å². The summed E-state index contributed by atoms with van der Waals surface area (Å²) in [6, 6.07) is 13.3. The molecule has 2 aromatic carbocycles. The van der Waals surface area contributed by atoms with Crippen LogP contribution in [0.4, 0.5) is 10.5 Å². The van der Waals surface area contributed by atoms with E-state index < -0.39 is 11.4 Å². The summed E-state index contributed by atoms with van der Waals surface area (Å²) in [6.07, 6.45) is 1.17. The van der Waals surface area contributed by atoms with Gasteiger partial charge in [-0.2, -0.15) is 0 Å². The number of anilines is 1. The van der Waals surface area contributed by atoms with Gasteiger partial charge in [0.15, 0.2) is 4.90 Å². The van der Waals surface area contributed by atoms with Crippen molar-refractivity contribution in [1.29, 1.82) is 0 Å². The van der Waals surface area contributed by atoms with E-state index in [-0.39, 0.29) is 18.7 Å². The Morgan fingerprint density at radius 3 is 2.56 bits per heavy atom. The van der Waals surface area contributed by atoms with Crippen LogP contribution in [0.5, 0.6) is 0 Å². The van der Waals surface area contributed by atoms with Crippen LogP contribution in [0.2, 0.25) is 5.02 Å². The maximum Gasteiger partial charge on any atom is 0.414 e. The molecule has 2 aliphatic heterocycles. The van der Waals surface area contributed by atoms with Crippen molar-refractivity contribution in [3.8, 4) is 0 Å². The molecule has 0 bridgehead atoms. The summed E-state index contributed by atoms with van der Waals surface area (Å²) in [4.78, 5) is 15.0. The summed E-state index contributed by atoms with van der Waals surface area (Å²) in [6.45, 7) is 3.60. The standard InChI is InChI=1S/C20H21ClN2O3S/c1-14-2-5-18(6-3-14)27(25)22-10-8-17(9-11-22)23-19-7-4-16(21)12-15(19)13-26-20(23)24/h2-7,12,17H,8-11,13H2,1H3. The highest BCUT2D eigenvalue weighted by Gasteiger charge is 2.37. The quantitative estimate of drug-likeness (QED) is 0.716. The van der Waals surface area contributed by atoms with Gasteiger partial charge in [0.25, 0.3) is 0 Å². The number of piperidine rings is 1. The lowest BCUT2D eigenvalue weighted by atomic mass is 10.0. The summed E-state index contributed by atoms with van der Waals surface area (Å²) < 4.78 is 20.1. The molecule has 2 aliphatic rings. The third-order valence-electron chi connectivity index (χ3n) is 5.09. The number of cyclic esters (lactones) is 1. The fourth-order valence-electron chi connectivity index (χ4n) is 3.63. The molecule has 142 valence electrons. The zero-order valence-electron chi connectivity index (χ0n) is 15.1. The average molecular weight is 405 g/mol. The Hall–Kier alpha value is -1.73. The van der Waals surface area contributed by atoms with E-state index in [1.54, 1.807) is 11.0 Å². The Morgan fingerprint density at radius 2 is 1.85 bits per heavy atom. The van der Waals surface area contributed by atoms with Gasteiger partial charge in [-0.25, -0.2) is 4.79 Å². The number of hydrogen-bond acceptors (Lipinski definition) is 4. The number of aryl methyl sites for hydroxylation is 1. The lowest BCUT2D eigenvalue weighted by Gasteiger charge is -2.39. The van der Waals surface area contributed by atoms with Gasteiger partial charge in [0.1, 0.15) is 6.61 Å². The van der Waals surface area contributed by atoms with Crippen molar-refractivity contribution in [2.45, 2.75) is 37.3 Å². The molecular formula is C20H21ClN2O3S. The lowest BCUT2D eigenvalue weighted by molar-refractivity contribution is 0.136. The van der Waals surface area contributed by atoms with Gasteiger partial charge in [0.2, 0.25) is 0 Å². The largest absolute Gasteiger partial charge is 0.593 e. The molecule has 2 aromatic rings. The first-order valence-corrected chi connectivity index (χ1v) is 10.5. The monoisotopic (exact) mass is 404 g/mol. The summed E-state index contributed by atoms with van der Waals surface area (Å²) in [7, 11) is 0. The van der Waals surface area contributed by atoms with E-state index in [0.29, 0.717) is 18.1 Å². The van der Waals surface area contributed by atoms with E-state index in [0.717, 1.165) is 34.6 Å². The molecule has 4 rings (SSSR count). The molecule has 5 nitrogen and oxygen atoms in total. The van der Waals surface area contributed by atoms with E-state index in [1.807, 2.05) is 47.6 Å². The highest BCUT2D eigenvalue weighted by molar-refractivity contribution is 7.89. The Balaban J connectivity index is 1.46. The first-order valence-electron chi connectivity index (χ1n) is 9.01. The van der Waals surface area contributed by atoms with Crippen LogP contribution in [0.3, 0.4) is 0 Å². The second kappa shape index (κ2) is 7.72. The van der Waals surface area contributed by atoms with Crippen LogP contribution in [-0.4, -0.2) is 34.1 Å². The lowest BCUT2D eigenvalue weighted by Crippen LogP contribution is -2.50. The van der Waals surface area contributed by atoms with Crippen molar-refractivity contribution >= 4 is 34.7 Å². The topological polar surface area (TPSA) is 55.8 Å². The van der Waals surface area contributed by atoms with E-state index in [1.165, 1.54) is 0 Å². The number of amides is 1. The molecule has 0 spiro atoms. The van der Waals surface area contributed by atoms with Gasteiger partial charge in [-0.1, -0.05) is 29.3 Å². The minimum atomic E-state index is -1.17. The highest BCUT2D eigenvalue weighted by Crippen LogP contribution is 2.34. The van der Waals surface area contributed by atoms with Crippen LogP contribution in [0.25, 0.3) is 0 Å². The third-order valence-corrected chi connectivity index (χ3v) is 6.84. The van der Waals surface area contributed by atoms with Gasteiger partial charge in [-0.15, -0.1) is 4.31 Å². The number of carbonyl (C=O) groups excluding carboxylic acids is 1. The number of halogens is 1. The fraction of sp³-hybridized carbons (Fsp3) is 0.350. The molecule has 0 saturated carbocycles. The van der Waals surface area contributed by atoms with Crippen molar-refractivity contribution in [3.05, 3.63) is 58.6 Å². The predicted molar refractivity (Wildman–Crippen MR) is 106 cm³/mol. The zero-order chi connectivity index (χ0) is 19.0. The van der Waals surface area contributed by atoms with Crippen molar-refractivity contribution in [2.24, 2.45) is 0 Å². The molecule has 0 radical (unpaired) electrons. The molecule has 2 heterocycles. The summed E-state index contributed by atoms with van der Waals surface area (Å²) in [5.41, 5.74) is 2.94. The van der Waals surface area contributed by atoms with Crippen molar-refractivity contribution in [1.82, 2.24) is 4.31 Å². The highest BCUT2D eigenvalue weighted by atomic mass is 35.5. The fourth-order valence-corrected chi connectivity index (χ4v) is 5.03. The van der Waals surface area contributed by atoms with E-state index in [4.69, 9.17) is 16.3 Å². The Morgan fingerprint density at radius 1 is 1.15 bits per heavy atom. The van der Waals surface area contributed by atoms with Gasteiger partial charge in [0.05, 0.1) is 17.0 Å². The molecule has 1 atom stereocenters.